The minimum atomic E-state index is -1.54. The van der Waals surface area contributed by atoms with Crippen molar-refractivity contribution in [3.05, 3.63) is 0 Å². The highest BCUT2D eigenvalue weighted by atomic mass is 16.7. The lowest BCUT2D eigenvalue weighted by Crippen LogP contribution is -2.60. The molecule has 9 nitrogen and oxygen atoms in total. The van der Waals surface area contributed by atoms with Crippen LogP contribution in [0.25, 0.3) is 0 Å². The van der Waals surface area contributed by atoms with Gasteiger partial charge in [0.25, 0.3) is 0 Å². The molecule has 1 saturated heterocycles. The molecular weight excluding hydrogens is 406 g/mol. The van der Waals surface area contributed by atoms with Gasteiger partial charge in [-0.3, -0.25) is 4.79 Å². The van der Waals surface area contributed by atoms with Crippen molar-refractivity contribution >= 4 is 5.91 Å². The Kier molecular flexibility index (Phi) is 14.5. The summed E-state index contributed by atoms with van der Waals surface area (Å²) in [7, 11) is 0. The van der Waals surface area contributed by atoms with Gasteiger partial charge in [0, 0.05) is 6.42 Å². The molecule has 0 aromatic carbocycles. The van der Waals surface area contributed by atoms with Crippen molar-refractivity contribution in [1.29, 1.82) is 0 Å². The lowest BCUT2D eigenvalue weighted by Gasteiger charge is -2.40. The van der Waals surface area contributed by atoms with Crippen molar-refractivity contribution in [2.45, 2.75) is 121 Å². The Bertz CT molecular complexity index is 478. The number of rotatable bonds is 16. The minimum Gasteiger partial charge on any atom is -0.394 e. The number of carbonyl (C=O) groups is 1. The monoisotopic (exact) mass is 449 g/mol. The predicted molar refractivity (Wildman–Crippen MR) is 115 cm³/mol. The molecule has 0 aromatic heterocycles. The number of hydrogen-bond donors (Lipinski definition) is 6. The second kappa shape index (κ2) is 15.9. The normalized spacial score (nSPS) is 28.3. The van der Waals surface area contributed by atoms with Gasteiger partial charge in [0.2, 0.25) is 5.91 Å². The summed E-state index contributed by atoms with van der Waals surface area (Å²) in [4.78, 5) is 12.3. The number of aliphatic hydroxyl groups excluding tert-OH is 5. The molecule has 1 aliphatic rings. The number of aliphatic hydroxyl groups is 5. The summed E-state index contributed by atoms with van der Waals surface area (Å²) in [6.45, 7) is 3.51. The molecule has 0 bridgehead atoms. The quantitative estimate of drug-likeness (QED) is 0.188. The van der Waals surface area contributed by atoms with Gasteiger partial charge in [-0.15, -0.1) is 0 Å². The number of hydrogen-bond acceptors (Lipinski definition) is 8. The van der Waals surface area contributed by atoms with Crippen molar-refractivity contribution in [2.24, 2.45) is 0 Å². The Balaban J connectivity index is 2.65. The van der Waals surface area contributed by atoms with Gasteiger partial charge >= 0.3 is 0 Å². The molecule has 0 aromatic rings. The van der Waals surface area contributed by atoms with E-state index in [-0.39, 0.29) is 12.5 Å². The summed E-state index contributed by atoms with van der Waals surface area (Å²) in [6.07, 6.45) is 0.953. The van der Waals surface area contributed by atoms with Crippen LogP contribution in [0.2, 0.25) is 0 Å². The van der Waals surface area contributed by atoms with E-state index in [1.807, 2.05) is 0 Å². The van der Waals surface area contributed by atoms with E-state index in [2.05, 4.69) is 19.2 Å². The minimum absolute atomic E-state index is 0.141. The Labute approximate surface area is 185 Å². The Hall–Kier alpha value is -0.810. The summed E-state index contributed by atoms with van der Waals surface area (Å²) in [5.41, 5.74) is 0. The molecule has 1 amide bonds. The van der Waals surface area contributed by atoms with Crippen LogP contribution in [0.1, 0.15) is 78.1 Å². The molecular formula is C22H43NO8. The van der Waals surface area contributed by atoms with Crippen LogP contribution < -0.4 is 5.32 Å². The SMILES string of the molecule is CCCCCCC(=O)NC(COC1OC(CO)C(O)C(O)C1O)C(O)CCCCCC. The summed E-state index contributed by atoms with van der Waals surface area (Å²) >= 11 is 0. The molecule has 7 unspecified atom stereocenters. The van der Waals surface area contributed by atoms with Crippen LogP contribution in [0, 0.1) is 0 Å². The first kappa shape index (κ1) is 28.2. The first-order chi connectivity index (χ1) is 14.8. The molecule has 1 fully saturated rings. The summed E-state index contributed by atoms with van der Waals surface area (Å²) in [6, 6.07) is -0.701. The van der Waals surface area contributed by atoms with Gasteiger partial charge in [0.15, 0.2) is 6.29 Å². The molecule has 0 aliphatic carbocycles. The van der Waals surface area contributed by atoms with E-state index < -0.39 is 49.5 Å². The number of ether oxygens (including phenoxy) is 2. The van der Waals surface area contributed by atoms with Crippen molar-refractivity contribution in [3.8, 4) is 0 Å². The Morgan fingerprint density at radius 2 is 1.61 bits per heavy atom. The highest BCUT2D eigenvalue weighted by Crippen LogP contribution is 2.22. The highest BCUT2D eigenvalue weighted by molar-refractivity contribution is 5.76. The lowest BCUT2D eigenvalue weighted by molar-refractivity contribution is -0.302. The van der Waals surface area contributed by atoms with Crippen molar-refractivity contribution in [2.75, 3.05) is 13.2 Å². The van der Waals surface area contributed by atoms with E-state index in [1.54, 1.807) is 0 Å². The van der Waals surface area contributed by atoms with Gasteiger partial charge in [-0.05, 0) is 12.8 Å². The third kappa shape index (κ3) is 10.1. The van der Waals surface area contributed by atoms with Gasteiger partial charge < -0.3 is 40.3 Å². The van der Waals surface area contributed by atoms with E-state index in [1.165, 1.54) is 0 Å². The molecule has 31 heavy (non-hydrogen) atoms. The van der Waals surface area contributed by atoms with E-state index >= 15 is 0 Å². The fourth-order valence-corrected chi connectivity index (χ4v) is 3.63. The summed E-state index contributed by atoms with van der Waals surface area (Å²) < 4.78 is 10.9. The molecule has 0 spiro atoms. The molecule has 7 atom stereocenters. The maximum absolute atomic E-state index is 12.3. The van der Waals surface area contributed by atoms with Crippen molar-refractivity contribution in [3.63, 3.8) is 0 Å². The van der Waals surface area contributed by atoms with Gasteiger partial charge in [0.05, 0.1) is 25.4 Å². The first-order valence-electron chi connectivity index (χ1n) is 11.7. The zero-order chi connectivity index (χ0) is 23.2. The third-order valence-corrected chi connectivity index (χ3v) is 5.71. The second-order valence-corrected chi connectivity index (χ2v) is 8.43. The third-order valence-electron chi connectivity index (χ3n) is 5.71. The lowest BCUT2D eigenvalue weighted by atomic mass is 9.99. The Morgan fingerprint density at radius 1 is 0.968 bits per heavy atom. The van der Waals surface area contributed by atoms with Gasteiger partial charge in [-0.1, -0.05) is 58.8 Å². The van der Waals surface area contributed by atoms with Crippen LogP contribution in [0.4, 0.5) is 0 Å². The van der Waals surface area contributed by atoms with Crippen LogP contribution in [-0.2, 0) is 14.3 Å². The zero-order valence-corrected chi connectivity index (χ0v) is 19.0. The predicted octanol–water partition coefficient (Wildman–Crippen LogP) is 0.589. The number of unbranched alkanes of at least 4 members (excludes halogenated alkanes) is 6. The van der Waals surface area contributed by atoms with Crippen LogP contribution in [0.5, 0.6) is 0 Å². The fourth-order valence-electron chi connectivity index (χ4n) is 3.63. The smallest absolute Gasteiger partial charge is 0.220 e. The average molecular weight is 450 g/mol. The molecule has 1 aliphatic heterocycles. The second-order valence-electron chi connectivity index (χ2n) is 8.43. The topological polar surface area (TPSA) is 149 Å². The van der Waals surface area contributed by atoms with Crippen LogP contribution in [0.15, 0.2) is 0 Å². The average Bonchev–Trinajstić information content (AvgIpc) is 2.76. The highest BCUT2D eigenvalue weighted by Gasteiger charge is 2.44. The molecule has 0 saturated carbocycles. The van der Waals surface area contributed by atoms with E-state index in [0.717, 1.165) is 51.4 Å². The molecule has 1 rings (SSSR count). The zero-order valence-electron chi connectivity index (χ0n) is 19.0. The van der Waals surface area contributed by atoms with Crippen LogP contribution >= 0.6 is 0 Å². The largest absolute Gasteiger partial charge is 0.394 e. The van der Waals surface area contributed by atoms with Crippen LogP contribution in [0.3, 0.4) is 0 Å². The number of carbonyl (C=O) groups excluding carboxylic acids is 1. The number of amides is 1. The van der Waals surface area contributed by atoms with E-state index in [0.29, 0.717) is 12.8 Å². The summed E-state index contributed by atoms with van der Waals surface area (Å²) in [5, 5.41) is 52.7. The van der Waals surface area contributed by atoms with Crippen molar-refractivity contribution < 1.29 is 39.8 Å². The fraction of sp³-hybridized carbons (Fsp3) is 0.955. The maximum Gasteiger partial charge on any atom is 0.220 e. The van der Waals surface area contributed by atoms with Gasteiger partial charge in [-0.25, -0.2) is 0 Å². The summed E-state index contributed by atoms with van der Waals surface area (Å²) in [5.74, 6) is -0.175. The molecule has 184 valence electrons. The number of nitrogens with one attached hydrogen (secondary N) is 1. The molecule has 0 radical (unpaired) electrons. The van der Waals surface area contributed by atoms with E-state index in [4.69, 9.17) is 9.47 Å². The van der Waals surface area contributed by atoms with Crippen LogP contribution in [-0.4, -0.2) is 87.5 Å². The first-order valence-corrected chi connectivity index (χ1v) is 11.7. The maximum atomic E-state index is 12.3. The molecule has 1 heterocycles. The molecule has 6 N–H and O–H groups in total. The molecule has 9 heteroatoms. The standard InChI is InChI=1S/C22H43NO8/c1-3-5-7-9-11-16(25)15(23-18(26)12-10-8-6-4-2)14-30-22-21(29)20(28)19(27)17(13-24)31-22/h15-17,19-22,24-25,27-29H,3-14H2,1-2H3,(H,23,26). The van der Waals surface area contributed by atoms with Gasteiger partial charge in [0.1, 0.15) is 24.4 Å². The van der Waals surface area contributed by atoms with Gasteiger partial charge in [-0.2, -0.15) is 0 Å². The Morgan fingerprint density at radius 3 is 2.23 bits per heavy atom. The van der Waals surface area contributed by atoms with E-state index in [9.17, 15) is 30.3 Å². The van der Waals surface area contributed by atoms with Crippen molar-refractivity contribution in [1.82, 2.24) is 5.32 Å².